The zero-order valence-electron chi connectivity index (χ0n) is 9.85. The third-order valence-corrected chi connectivity index (χ3v) is 2.82. The Morgan fingerprint density at radius 3 is 3.12 bits per heavy atom. The fraction of sp³-hybridized carbons (Fsp3) is 0.545. The predicted octanol–water partition coefficient (Wildman–Crippen LogP) is 0.597. The van der Waals surface area contributed by atoms with E-state index >= 15 is 0 Å². The Bertz CT molecular complexity index is 516. The van der Waals surface area contributed by atoms with Gasteiger partial charge in [0.2, 0.25) is 0 Å². The minimum Gasteiger partial charge on any atom is -0.369 e. The Morgan fingerprint density at radius 1 is 1.41 bits per heavy atom. The molecule has 2 N–H and O–H groups in total. The van der Waals surface area contributed by atoms with Crippen LogP contribution in [0.1, 0.15) is 18.5 Å². The molecule has 90 valence electrons. The molecule has 0 aromatic carbocycles. The lowest BCUT2D eigenvalue weighted by Gasteiger charge is -2.08. The van der Waals surface area contributed by atoms with Crippen molar-refractivity contribution in [3.63, 3.8) is 0 Å². The number of hydrogen-bond acceptors (Lipinski definition) is 5. The Balaban J connectivity index is 1.67. The summed E-state index contributed by atoms with van der Waals surface area (Å²) >= 11 is 0. The smallest absolute Gasteiger partial charge is 0.254 e. The monoisotopic (exact) mass is 232 g/mol. The maximum absolute atomic E-state index is 4.30. The summed E-state index contributed by atoms with van der Waals surface area (Å²) in [5.74, 6) is 1.59. The second-order valence-corrected chi connectivity index (χ2v) is 4.41. The van der Waals surface area contributed by atoms with Crippen LogP contribution in [0.25, 0.3) is 5.78 Å². The van der Waals surface area contributed by atoms with E-state index < -0.39 is 0 Å². The van der Waals surface area contributed by atoms with Crippen molar-refractivity contribution in [3.05, 3.63) is 18.1 Å². The number of aryl methyl sites for hydroxylation is 1. The lowest BCUT2D eigenvalue weighted by atomic mass is 10.4. The van der Waals surface area contributed by atoms with Gasteiger partial charge in [-0.3, -0.25) is 0 Å². The van der Waals surface area contributed by atoms with Crippen LogP contribution in [-0.4, -0.2) is 38.7 Å². The molecule has 0 saturated heterocycles. The summed E-state index contributed by atoms with van der Waals surface area (Å²) in [6.45, 7) is 3.82. The molecule has 0 spiro atoms. The van der Waals surface area contributed by atoms with Crippen LogP contribution in [0.2, 0.25) is 0 Å². The van der Waals surface area contributed by atoms with Gasteiger partial charge in [0.05, 0.1) is 0 Å². The zero-order valence-corrected chi connectivity index (χ0v) is 9.85. The van der Waals surface area contributed by atoms with Gasteiger partial charge >= 0.3 is 0 Å². The molecular formula is C11H16N6. The fourth-order valence-electron chi connectivity index (χ4n) is 1.81. The molecule has 2 heterocycles. The molecule has 17 heavy (non-hydrogen) atoms. The van der Waals surface area contributed by atoms with Crippen LogP contribution in [0, 0.1) is 6.92 Å². The van der Waals surface area contributed by atoms with E-state index in [0.717, 1.165) is 30.6 Å². The normalized spacial score (nSPS) is 15.4. The number of rotatable bonds is 5. The van der Waals surface area contributed by atoms with Crippen molar-refractivity contribution in [2.24, 2.45) is 0 Å². The Kier molecular flexibility index (Phi) is 2.64. The fourth-order valence-corrected chi connectivity index (χ4v) is 1.81. The highest BCUT2D eigenvalue weighted by Crippen LogP contribution is 2.18. The number of hydrogen-bond donors (Lipinski definition) is 2. The van der Waals surface area contributed by atoms with E-state index in [1.807, 2.05) is 13.0 Å². The van der Waals surface area contributed by atoms with Crippen molar-refractivity contribution < 1.29 is 0 Å². The summed E-state index contributed by atoms with van der Waals surface area (Å²) in [6.07, 6.45) is 4.17. The molecule has 0 radical (unpaired) electrons. The molecule has 0 atom stereocenters. The first kappa shape index (κ1) is 10.5. The lowest BCUT2D eigenvalue weighted by molar-refractivity contribution is 0.699. The summed E-state index contributed by atoms with van der Waals surface area (Å²) < 4.78 is 1.73. The van der Waals surface area contributed by atoms with Crippen LogP contribution in [0.15, 0.2) is 12.4 Å². The largest absolute Gasteiger partial charge is 0.369 e. The van der Waals surface area contributed by atoms with E-state index in [-0.39, 0.29) is 0 Å². The summed E-state index contributed by atoms with van der Waals surface area (Å²) in [5.41, 5.74) is 0.947. The molecular weight excluding hydrogens is 216 g/mol. The summed E-state index contributed by atoms with van der Waals surface area (Å²) in [4.78, 5) is 8.39. The Morgan fingerprint density at radius 2 is 2.29 bits per heavy atom. The van der Waals surface area contributed by atoms with Crippen molar-refractivity contribution in [1.29, 1.82) is 0 Å². The van der Waals surface area contributed by atoms with Crippen molar-refractivity contribution in [3.8, 4) is 0 Å². The molecule has 0 amide bonds. The Hall–Kier alpha value is -1.69. The maximum atomic E-state index is 4.30. The van der Waals surface area contributed by atoms with Gasteiger partial charge in [0.1, 0.15) is 12.1 Å². The average Bonchev–Trinajstić information content (AvgIpc) is 3.01. The van der Waals surface area contributed by atoms with Gasteiger partial charge in [0, 0.05) is 30.9 Å². The number of anilines is 1. The highest BCUT2D eigenvalue weighted by atomic mass is 15.3. The molecule has 1 aliphatic rings. The van der Waals surface area contributed by atoms with Crippen LogP contribution in [0.3, 0.4) is 0 Å². The number of nitrogens with zero attached hydrogens (tertiary/aromatic N) is 4. The molecule has 0 unspecified atom stereocenters. The quantitative estimate of drug-likeness (QED) is 0.739. The van der Waals surface area contributed by atoms with Gasteiger partial charge in [-0.15, -0.1) is 0 Å². The van der Waals surface area contributed by atoms with E-state index in [4.69, 9.17) is 0 Å². The molecule has 1 saturated carbocycles. The van der Waals surface area contributed by atoms with Gasteiger partial charge in [-0.1, -0.05) is 0 Å². The molecule has 0 aliphatic heterocycles. The van der Waals surface area contributed by atoms with E-state index in [2.05, 4.69) is 25.7 Å². The number of aromatic nitrogens is 4. The minimum absolute atomic E-state index is 0.641. The molecule has 2 aromatic rings. The van der Waals surface area contributed by atoms with Crippen molar-refractivity contribution in [2.45, 2.75) is 25.8 Å². The molecule has 0 bridgehead atoms. The van der Waals surface area contributed by atoms with Crippen LogP contribution in [0.5, 0.6) is 0 Å². The van der Waals surface area contributed by atoms with Gasteiger partial charge in [0.25, 0.3) is 5.78 Å². The second kappa shape index (κ2) is 4.29. The van der Waals surface area contributed by atoms with Crippen molar-refractivity contribution >= 4 is 11.6 Å². The summed E-state index contributed by atoms with van der Waals surface area (Å²) in [6, 6.07) is 2.74. The second-order valence-electron chi connectivity index (χ2n) is 4.41. The van der Waals surface area contributed by atoms with Crippen molar-refractivity contribution in [1.82, 2.24) is 24.9 Å². The highest BCUT2D eigenvalue weighted by Gasteiger charge is 2.19. The molecule has 6 nitrogen and oxygen atoms in total. The van der Waals surface area contributed by atoms with Crippen LogP contribution in [-0.2, 0) is 0 Å². The van der Waals surface area contributed by atoms with Crippen LogP contribution >= 0.6 is 0 Å². The summed E-state index contributed by atoms with van der Waals surface area (Å²) in [7, 11) is 0. The summed E-state index contributed by atoms with van der Waals surface area (Å²) in [5, 5.41) is 11.0. The number of fused-ring (bicyclic) bond motifs is 1. The third kappa shape index (κ3) is 2.36. The van der Waals surface area contributed by atoms with Gasteiger partial charge in [-0.25, -0.2) is 4.98 Å². The maximum Gasteiger partial charge on any atom is 0.254 e. The molecule has 1 fully saturated rings. The van der Waals surface area contributed by atoms with Gasteiger partial charge in [-0.2, -0.15) is 14.6 Å². The third-order valence-electron chi connectivity index (χ3n) is 2.82. The minimum atomic E-state index is 0.641. The average molecular weight is 232 g/mol. The zero-order chi connectivity index (χ0) is 11.7. The Labute approximate surface area is 99.5 Å². The highest BCUT2D eigenvalue weighted by molar-refractivity contribution is 5.44. The number of nitrogens with one attached hydrogen (secondary N) is 2. The molecule has 1 aliphatic carbocycles. The van der Waals surface area contributed by atoms with E-state index in [9.17, 15) is 0 Å². The van der Waals surface area contributed by atoms with Crippen LogP contribution < -0.4 is 10.6 Å². The van der Waals surface area contributed by atoms with E-state index in [1.165, 1.54) is 19.2 Å². The standard InChI is InChI=1S/C11H16N6/c1-8-6-10(13-5-4-12-9-2-3-9)17-11(16-8)14-7-15-17/h6-7,9,12-13H,2-5H2,1H3. The molecule has 2 aromatic heterocycles. The van der Waals surface area contributed by atoms with Gasteiger partial charge in [-0.05, 0) is 19.8 Å². The van der Waals surface area contributed by atoms with E-state index in [0.29, 0.717) is 5.78 Å². The van der Waals surface area contributed by atoms with Gasteiger partial charge < -0.3 is 10.6 Å². The van der Waals surface area contributed by atoms with Crippen molar-refractivity contribution in [2.75, 3.05) is 18.4 Å². The van der Waals surface area contributed by atoms with Gasteiger partial charge in [0.15, 0.2) is 0 Å². The first-order valence-corrected chi connectivity index (χ1v) is 5.97. The first-order chi connectivity index (χ1) is 8.33. The molecule has 6 heteroatoms. The topological polar surface area (TPSA) is 67.1 Å². The van der Waals surface area contributed by atoms with Crippen LogP contribution in [0.4, 0.5) is 5.82 Å². The first-order valence-electron chi connectivity index (χ1n) is 5.97. The lowest BCUT2D eigenvalue weighted by Crippen LogP contribution is -2.24. The SMILES string of the molecule is Cc1cc(NCCNC2CC2)n2ncnc2n1. The van der Waals surface area contributed by atoms with E-state index in [1.54, 1.807) is 4.52 Å². The molecule has 3 rings (SSSR count). The predicted molar refractivity (Wildman–Crippen MR) is 65.0 cm³/mol.